The third kappa shape index (κ3) is 3.38. The largest absolute Gasteiger partial charge is 0.450 e. The zero-order valence-electron chi connectivity index (χ0n) is 9.13. The van der Waals surface area contributed by atoms with Crippen LogP contribution >= 0.6 is 0 Å². The summed E-state index contributed by atoms with van der Waals surface area (Å²) in [5.41, 5.74) is 0. The molecular weight excluding hydrogens is 192 g/mol. The summed E-state index contributed by atoms with van der Waals surface area (Å²) in [6.07, 6.45) is 5.44. The molecule has 1 aliphatic heterocycles. The van der Waals surface area contributed by atoms with Gasteiger partial charge in [0.1, 0.15) is 0 Å². The SMILES string of the molecule is O=C(NC1CCC1)OCCC1CCNC1. The normalized spacial score (nSPS) is 26.0. The van der Waals surface area contributed by atoms with Crippen molar-refractivity contribution >= 4 is 6.09 Å². The summed E-state index contributed by atoms with van der Waals surface area (Å²) in [4.78, 5) is 11.3. The first kappa shape index (κ1) is 10.7. The fourth-order valence-electron chi connectivity index (χ4n) is 2.04. The molecule has 4 nitrogen and oxygen atoms in total. The Labute approximate surface area is 90.8 Å². The van der Waals surface area contributed by atoms with Gasteiger partial charge in [0.25, 0.3) is 0 Å². The first-order chi connectivity index (χ1) is 7.34. The number of nitrogens with one attached hydrogen (secondary N) is 2. The zero-order valence-corrected chi connectivity index (χ0v) is 9.13. The van der Waals surface area contributed by atoms with Crippen molar-refractivity contribution in [3.8, 4) is 0 Å². The minimum absolute atomic E-state index is 0.231. The molecule has 1 amide bonds. The Kier molecular flexibility index (Phi) is 3.83. The smallest absolute Gasteiger partial charge is 0.407 e. The van der Waals surface area contributed by atoms with Crippen molar-refractivity contribution in [2.45, 2.75) is 38.1 Å². The van der Waals surface area contributed by atoms with E-state index >= 15 is 0 Å². The molecule has 1 saturated carbocycles. The highest BCUT2D eigenvalue weighted by Crippen LogP contribution is 2.18. The molecule has 1 saturated heterocycles. The van der Waals surface area contributed by atoms with Gasteiger partial charge < -0.3 is 15.4 Å². The van der Waals surface area contributed by atoms with E-state index < -0.39 is 0 Å². The third-order valence-corrected chi connectivity index (χ3v) is 3.35. The van der Waals surface area contributed by atoms with Crippen LogP contribution in [0.15, 0.2) is 0 Å². The number of hydrogen-bond donors (Lipinski definition) is 2. The predicted octanol–water partition coefficient (Wildman–Crippen LogP) is 1.26. The van der Waals surface area contributed by atoms with Crippen molar-refractivity contribution in [1.29, 1.82) is 0 Å². The second-order valence-electron chi connectivity index (χ2n) is 4.56. The van der Waals surface area contributed by atoms with Gasteiger partial charge in [-0.25, -0.2) is 4.79 Å². The van der Waals surface area contributed by atoms with Gasteiger partial charge in [0.15, 0.2) is 0 Å². The van der Waals surface area contributed by atoms with Crippen molar-refractivity contribution in [3.63, 3.8) is 0 Å². The minimum Gasteiger partial charge on any atom is -0.450 e. The van der Waals surface area contributed by atoms with Gasteiger partial charge in [0, 0.05) is 6.04 Å². The molecule has 0 aromatic heterocycles. The zero-order chi connectivity index (χ0) is 10.5. The van der Waals surface area contributed by atoms with Gasteiger partial charge in [-0.15, -0.1) is 0 Å². The van der Waals surface area contributed by atoms with Gasteiger partial charge in [-0.2, -0.15) is 0 Å². The summed E-state index contributed by atoms with van der Waals surface area (Å²) < 4.78 is 5.13. The van der Waals surface area contributed by atoms with Crippen LogP contribution in [0.25, 0.3) is 0 Å². The maximum absolute atomic E-state index is 11.3. The lowest BCUT2D eigenvalue weighted by atomic mass is 9.93. The first-order valence-electron chi connectivity index (χ1n) is 5.98. The van der Waals surface area contributed by atoms with Gasteiger partial charge in [-0.1, -0.05) is 0 Å². The lowest BCUT2D eigenvalue weighted by Gasteiger charge is -2.25. The standard InChI is InChI=1S/C11H20N2O2/c14-11(13-10-2-1-3-10)15-7-5-9-4-6-12-8-9/h9-10,12H,1-8H2,(H,13,14). The van der Waals surface area contributed by atoms with Crippen LogP contribution in [0.5, 0.6) is 0 Å². The van der Waals surface area contributed by atoms with Crippen molar-refractivity contribution in [2.24, 2.45) is 5.92 Å². The molecule has 1 aliphatic carbocycles. The van der Waals surface area contributed by atoms with E-state index in [1.807, 2.05) is 0 Å². The topological polar surface area (TPSA) is 50.4 Å². The Morgan fingerprint density at radius 3 is 2.87 bits per heavy atom. The van der Waals surface area contributed by atoms with Crippen molar-refractivity contribution in [2.75, 3.05) is 19.7 Å². The van der Waals surface area contributed by atoms with E-state index in [0.29, 0.717) is 18.6 Å². The molecule has 0 spiro atoms. The van der Waals surface area contributed by atoms with E-state index in [1.54, 1.807) is 0 Å². The molecule has 0 bridgehead atoms. The number of carbonyl (C=O) groups excluding carboxylic acids is 1. The van der Waals surface area contributed by atoms with E-state index in [2.05, 4.69) is 10.6 Å². The number of hydrogen-bond acceptors (Lipinski definition) is 3. The molecule has 1 unspecified atom stereocenters. The van der Waals surface area contributed by atoms with Crippen LogP contribution in [0, 0.1) is 5.92 Å². The number of carbonyl (C=O) groups is 1. The molecule has 1 atom stereocenters. The summed E-state index contributed by atoms with van der Waals surface area (Å²) in [5.74, 6) is 0.696. The maximum Gasteiger partial charge on any atom is 0.407 e. The highest BCUT2D eigenvalue weighted by Gasteiger charge is 2.20. The van der Waals surface area contributed by atoms with Gasteiger partial charge >= 0.3 is 6.09 Å². The van der Waals surface area contributed by atoms with Gasteiger partial charge in [0.05, 0.1) is 6.61 Å². The molecule has 2 aliphatic rings. The summed E-state index contributed by atoms with van der Waals surface area (Å²) in [6, 6.07) is 0.380. The van der Waals surface area contributed by atoms with Crippen LogP contribution in [-0.4, -0.2) is 31.8 Å². The predicted molar refractivity (Wildman–Crippen MR) is 57.7 cm³/mol. The Hall–Kier alpha value is -0.770. The van der Waals surface area contributed by atoms with Gasteiger partial charge in [-0.3, -0.25) is 0 Å². The molecule has 0 radical (unpaired) electrons. The molecule has 0 aromatic carbocycles. The summed E-state index contributed by atoms with van der Waals surface area (Å²) in [6.45, 7) is 2.75. The highest BCUT2D eigenvalue weighted by atomic mass is 16.5. The molecule has 2 N–H and O–H groups in total. The van der Waals surface area contributed by atoms with Crippen molar-refractivity contribution in [1.82, 2.24) is 10.6 Å². The van der Waals surface area contributed by atoms with Crippen LogP contribution in [0.3, 0.4) is 0 Å². The Bertz CT molecular complexity index is 211. The Morgan fingerprint density at radius 1 is 1.40 bits per heavy atom. The molecule has 0 aromatic rings. The Balaban J connectivity index is 1.50. The fourth-order valence-corrected chi connectivity index (χ4v) is 2.04. The summed E-state index contributed by atoms with van der Waals surface area (Å²) >= 11 is 0. The lowest BCUT2D eigenvalue weighted by molar-refractivity contribution is 0.130. The van der Waals surface area contributed by atoms with Crippen LogP contribution in [-0.2, 0) is 4.74 Å². The number of alkyl carbamates (subject to hydrolysis) is 1. The Morgan fingerprint density at radius 2 is 2.27 bits per heavy atom. The average Bonchev–Trinajstić information content (AvgIpc) is 2.64. The quantitative estimate of drug-likeness (QED) is 0.737. The number of rotatable bonds is 4. The third-order valence-electron chi connectivity index (χ3n) is 3.35. The average molecular weight is 212 g/mol. The maximum atomic E-state index is 11.3. The van der Waals surface area contributed by atoms with Crippen LogP contribution in [0.1, 0.15) is 32.1 Å². The molecule has 2 fully saturated rings. The van der Waals surface area contributed by atoms with E-state index in [0.717, 1.165) is 32.4 Å². The second-order valence-corrected chi connectivity index (χ2v) is 4.56. The lowest BCUT2D eigenvalue weighted by Crippen LogP contribution is -2.39. The number of ether oxygens (including phenoxy) is 1. The summed E-state index contributed by atoms with van der Waals surface area (Å²) in [5, 5.41) is 6.17. The van der Waals surface area contributed by atoms with E-state index in [1.165, 1.54) is 12.8 Å². The van der Waals surface area contributed by atoms with Gasteiger partial charge in [-0.05, 0) is 51.1 Å². The monoisotopic (exact) mass is 212 g/mol. The van der Waals surface area contributed by atoms with Gasteiger partial charge in [0.2, 0.25) is 0 Å². The van der Waals surface area contributed by atoms with E-state index in [-0.39, 0.29) is 6.09 Å². The van der Waals surface area contributed by atoms with Crippen molar-refractivity contribution in [3.05, 3.63) is 0 Å². The minimum atomic E-state index is -0.231. The second kappa shape index (κ2) is 5.35. The van der Waals surface area contributed by atoms with Crippen LogP contribution < -0.4 is 10.6 Å². The highest BCUT2D eigenvalue weighted by molar-refractivity contribution is 5.67. The summed E-state index contributed by atoms with van der Waals surface area (Å²) in [7, 11) is 0. The number of amides is 1. The molecule has 86 valence electrons. The van der Waals surface area contributed by atoms with Crippen molar-refractivity contribution < 1.29 is 9.53 Å². The molecule has 2 rings (SSSR count). The van der Waals surface area contributed by atoms with E-state index in [4.69, 9.17) is 4.74 Å². The molecule has 1 heterocycles. The first-order valence-corrected chi connectivity index (χ1v) is 5.98. The van der Waals surface area contributed by atoms with Crippen LogP contribution in [0.2, 0.25) is 0 Å². The van der Waals surface area contributed by atoms with Crippen LogP contribution in [0.4, 0.5) is 4.79 Å². The molecule has 15 heavy (non-hydrogen) atoms. The van der Waals surface area contributed by atoms with E-state index in [9.17, 15) is 4.79 Å². The fraction of sp³-hybridized carbons (Fsp3) is 0.909. The molecular formula is C11H20N2O2. The molecule has 4 heteroatoms.